The molecular formula is C26H26N6O8S. The van der Waals surface area contributed by atoms with Crippen molar-refractivity contribution >= 4 is 32.7 Å². The maximum absolute atomic E-state index is 13.0. The molecule has 0 aliphatic carbocycles. The van der Waals surface area contributed by atoms with Gasteiger partial charge in [0.2, 0.25) is 9.84 Å². The molecule has 41 heavy (non-hydrogen) atoms. The van der Waals surface area contributed by atoms with Gasteiger partial charge >= 0.3 is 0 Å². The topological polar surface area (TPSA) is 223 Å². The number of nitrogens with zero attached hydrogens (tertiary/aromatic N) is 4. The Morgan fingerprint density at radius 3 is 2.56 bits per heavy atom. The number of phenols is 2. The third-order valence-corrected chi connectivity index (χ3v) is 8.34. The molecule has 14 nitrogen and oxygen atoms in total. The summed E-state index contributed by atoms with van der Waals surface area (Å²) in [5.41, 5.74) is 6.81. The Bertz CT molecular complexity index is 1760. The number of amides is 1. The van der Waals surface area contributed by atoms with Crippen LogP contribution in [0.3, 0.4) is 0 Å². The maximum Gasteiger partial charge on any atom is 0.255 e. The third kappa shape index (κ3) is 5.18. The molecule has 0 radical (unpaired) electrons. The highest BCUT2D eigenvalue weighted by Gasteiger charge is 2.43. The average Bonchev–Trinajstić information content (AvgIpc) is 3.49. The first-order chi connectivity index (χ1) is 19.5. The maximum atomic E-state index is 13.0. The fourth-order valence-corrected chi connectivity index (χ4v) is 5.66. The molecule has 1 aliphatic heterocycles. The van der Waals surface area contributed by atoms with Gasteiger partial charge in [-0.05, 0) is 25.1 Å². The lowest BCUT2D eigenvalue weighted by molar-refractivity contribution is -0.0245. The summed E-state index contributed by atoms with van der Waals surface area (Å²) in [6.07, 6.45) is 0.787. The zero-order valence-corrected chi connectivity index (χ0v) is 22.3. The SMILES string of the molecule is Cc1ccc(S(=O)(=O)c2cc(O)c(O)c(C(=O)NC/C=C/[C@H]3O[C@@H](n4cnc5c(N)ncnc54)C(O)[C@H]3O)c2)cc1. The number of phenolic OH excluding ortho intramolecular Hbond substituents is 2. The predicted octanol–water partition coefficient (Wildman–Crippen LogP) is 0.566. The first-order valence-electron chi connectivity index (χ1n) is 12.3. The molecule has 3 heterocycles. The lowest BCUT2D eigenvalue weighted by atomic mass is 10.1. The van der Waals surface area contributed by atoms with Crippen molar-refractivity contribution in [3.8, 4) is 11.5 Å². The Morgan fingerprint density at radius 2 is 1.83 bits per heavy atom. The van der Waals surface area contributed by atoms with Crippen molar-refractivity contribution in [3.63, 3.8) is 0 Å². The second-order valence-corrected chi connectivity index (χ2v) is 11.3. The standard InChI is InChI=1S/C26H26N6O8S/c1-13-4-6-14(7-5-13)41(38,39)15-9-16(20(34)17(33)10-15)25(37)28-8-2-3-18-21(35)22(36)26(40-18)32-12-31-19-23(27)29-11-30-24(19)32/h2-7,9-12,18,21-22,26,33-36H,8H2,1H3,(H,28,37)(H2,27,29,30)/b3-2+/t18-,21+,22?,26-/m1/s1. The van der Waals surface area contributed by atoms with Gasteiger partial charge in [0.05, 0.1) is 21.7 Å². The second-order valence-electron chi connectivity index (χ2n) is 9.35. The van der Waals surface area contributed by atoms with Gasteiger partial charge < -0.3 is 36.2 Å². The van der Waals surface area contributed by atoms with E-state index in [1.807, 2.05) is 0 Å². The third-order valence-electron chi connectivity index (χ3n) is 6.59. The molecule has 15 heteroatoms. The molecule has 2 aromatic carbocycles. The minimum absolute atomic E-state index is 0.0438. The number of nitrogen functional groups attached to an aromatic ring is 1. The summed E-state index contributed by atoms with van der Waals surface area (Å²) < 4.78 is 33.3. The van der Waals surface area contributed by atoms with Crippen LogP contribution in [0.4, 0.5) is 5.82 Å². The van der Waals surface area contributed by atoms with Gasteiger partial charge in [-0.2, -0.15) is 0 Å². The van der Waals surface area contributed by atoms with Crippen LogP contribution in [0.5, 0.6) is 11.5 Å². The number of fused-ring (bicyclic) bond motifs is 1. The molecule has 1 saturated heterocycles. The smallest absolute Gasteiger partial charge is 0.255 e. The van der Waals surface area contributed by atoms with E-state index in [1.54, 1.807) is 19.1 Å². The van der Waals surface area contributed by atoms with E-state index < -0.39 is 57.3 Å². The minimum Gasteiger partial charge on any atom is -0.504 e. The molecule has 7 N–H and O–H groups in total. The summed E-state index contributed by atoms with van der Waals surface area (Å²) in [5.74, 6) is -2.28. The van der Waals surface area contributed by atoms with Crippen molar-refractivity contribution in [2.45, 2.75) is 41.3 Å². The van der Waals surface area contributed by atoms with Crippen molar-refractivity contribution in [3.05, 3.63) is 72.3 Å². The Labute approximate surface area is 233 Å². The Hall–Kier alpha value is -4.57. The summed E-state index contributed by atoms with van der Waals surface area (Å²) >= 11 is 0. The van der Waals surface area contributed by atoms with Crippen LogP contribution in [0.1, 0.15) is 22.1 Å². The van der Waals surface area contributed by atoms with E-state index in [4.69, 9.17) is 10.5 Å². The number of carbonyl (C=O) groups excluding carboxylic acids is 1. The average molecular weight is 583 g/mol. The Morgan fingerprint density at radius 1 is 1.10 bits per heavy atom. The van der Waals surface area contributed by atoms with Crippen LogP contribution in [0.25, 0.3) is 11.2 Å². The molecule has 5 rings (SSSR count). The summed E-state index contributed by atoms with van der Waals surface area (Å²) in [6.45, 7) is 1.67. The van der Waals surface area contributed by atoms with Crippen LogP contribution < -0.4 is 11.1 Å². The number of aliphatic hydroxyl groups excluding tert-OH is 2. The Balaban J connectivity index is 1.27. The van der Waals surface area contributed by atoms with Gasteiger partial charge in [0.1, 0.15) is 30.2 Å². The minimum atomic E-state index is -4.09. The van der Waals surface area contributed by atoms with Crippen LogP contribution in [-0.4, -0.2) is 79.1 Å². The molecular weight excluding hydrogens is 556 g/mol. The molecule has 4 atom stereocenters. The van der Waals surface area contributed by atoms with E-state index >= 15 is 0 Å². The van der Waals surface area contributed by atoms with Crippen LogP contribution in [0.2, 0.25) is 0 Å². The van der Waals surface area contributed by atoms with Crippen molar-refractivity contribution in [2.75, 3.05) is 12.3 Å². The number of hydrogen-bond acceptors (Lipinski definition) is 12. The number of rotatable bonds is 7. The quantitative estimate of drug-likeness (QED) is 0.130. The highest BCUT2D eigenvalue weighted by Crippen LogP contribution is 2.35. The molecule has 4 aromatic rings. The van der Waals surface area contributed by atoms with Crippen molar-refractivity contribution in [1.29, 1.82) is 0 Å². The second kappa shape index (κ2) is 10.8. The number of imidazole rings is 1. The number of aromatic nitrogens is 4. The zero-order chi connectivity index (χ0) is 29.5. The number of anilines is 1. The summed E-state index contributed by atoms with van der Waals surface area (Å²) in [5, 5.41) is 43.9. The molecule has 0 spiro atoms. The van der Waals surface area contributed by atoms with Crippen LogP contribution in [0.15, 0.2) is 71.0 Å². The largest absolute Gasteiger partial charge is 0.504 e. The number of aromatic hydroxyl groups is 2. The predicted molar refractivity (Wildman–Crippen MR) is 144 cm³/mol. The normalized spacial score (nSPS) is 21.0. The summed E-state index contributed by atoms with van der Waals surface area (Å²) in [7, 11) is -4.09. The van der Waals surface area contributed by atoms with Gasteiger partial charge in [-0.1, -0.05) is 29.8 Å². The molecule has 214 valence electrons. The van der Waals surface area contributed by atoms with E-state index in [9.17, 15) is 33.6 Å². The molecule has 2 aromatic heterocycles. The van der Waals surface area contributed by atoms with E-state index in [0.717, 1.165) is 17.7 Å². The van der Waals surface area contributed by atoms with Crippen LogP contribution in [-0.2, 0) is 14.6 Å². The number of carbonyl (C=O) groups is 1. The van der Waals surface area contributed by atoms with E-state index in [2.05, 4.69) is 20.3 Å². The molecule has 0 saturated carbocycles. The number of benzene rings is 2. The number of aliphatic hydroxyl groups is 2. The van der Waals surface area contributed by atoms with Crippen molar-refractivity contribution < 1.29 is 38.4 Å². The first-order valence-corrected chi connectivity index (χ1v) is 13.7. The van der Waals surface area contributed by atoms with Gasteiger partial charge in [0.25, 0.3) is 5.91 Å². The summed E-state index contributed by atoms with van der Waals surface area (Å²) in [6, 6.07) is 7.87. The number of hydrogen-bond donors (Lipinski definition) is 6. The first kappa shape index (κ1) is 28.0. The molecule has 1 fully saturated rings. The van der Waals surface area contributed by atoms with Gasteiger partial charge in [-0.25, -0.2) is 23.4 Å². The van der Waals surface area contributed by atoms with Gasteiger partial charge in [0, 0.05) is 12.6 Å². The van der Waals surface area contributed by atoms with E-state index in [0.29, 0.717) is 11.2 Å². The zero-order valence-electron chi connectivity index (χ0n) is 21.5. The molecule has 1 amide bonds. The lowest BCUT2D eigenvalue weighted by Crippen LogP contribution is -2.31. The number of aryl methyl sites for hydroxylation is 1. The Kier molecular flexibility index (Phi) is 7.35. The lowest BCUT2D eigenvalue weighted by Gasteiger charge is -2.16. The highest BCUT2D eigenvalue weighted by atomic mass is 32.2. The summed E-state index contributed by atoms with van der Waals surface area (Å²) in [4.78, 5) is 24.5. The van der Waals surface area contributed by atoms with E-state index in [1.165, 1.54) is 41.5 Å². The van der Waals surface area contributed by atoms with Crippen LogP contribution in [0, 0.1) is 6.92 Å². The number of sulfone groups is 1. The van der Waals surface area contributed by atoms with Crippen LogP contribution >= 0.6 is 0 Å². The molecule has 0 bridgehead atoms. The molecule has 1 aliphatic rings. The van der Waals surface area contributed by atoms with E-state index in [-0.39, 0.29) is 22.2 Å². The molecule has 1 unspecified atom stereocenters. The van der Waals surface area contributed by atoms with Gasteiger partial charge in [-0.3, -0.25) is 9.36 Å². The highest BCUT2D eigenvalue weighted by molar-refractivity contribution is 7.91. The monoisotopic (exact) mass is 582 g/mol. The number of nitrogens with one attached hydrogen (secondary N) is 1. The fourth-order valence-electron chi connectivity index (χ4n) is 4.35. The number of ether oxygens (including phenoxy) is 1. The van der Waals surface area contributed by atoms with Crippen molar-refractivity contribution in [1.82, 2.24) is 24.8 Å². The van der Waals surface area contributed by atoms with Crippen molar-refractivity contribution in [2.24, 2.45) is 0 Å². The van der Waals surface area contributed by atoms with Gasteiger partial charge in [0.15, 0.2) is 29.2 Å². The number of nitrogens with two attached hydrogens (primary N) is 1. The fraction of sp³-hybridized carbons (Fsp3) is 0.231. The van der Waals surface area contributed by atoms with Gasteiger partial charge in [-0.15, -0.1) is 0 Å².